The fourth-order valence-electron chi connectivity index (χ4n) is 3.22. The number of thiophene rings is 1. The third-order valence-electron chi connectivity index (χ3n) is 5.33. The average Bonchev–Trinajstić information content (AvgIpc) is 3.39. The Morgan fingerprint density at radius 2 is 1.75 bits per heavy atom. The van der Waals surface area contributed by atoms with Crippen LogP contribution in [0.15, 0.2) is 29.4 Å². The first-order valence-electron chi connectivity index (χ1n) is 11.0. The average molecular weight is 533 g/mol. The van der Waals surface area contributed by atoms with Crippen LogP contribution < -0.4 is 10.1 Å². The summed E-state index contributed by atoms with van der Waals surface area (Å²) in [5.74, 6) is 0.162. The maximum absolute atomic E-state index is 12.6. The van der Waals surface area contributed by atoms with Crippen molar-refractivity contribution in [2.45, 2.75) is 38.5 Å². The van der Waals surface area contributed by atoms with Gasteiger partial charge >= 0.3 is 11.9 Å². The van der Waals surface area contributed by atoms with Crippen molar-refractivity contribution in [3.8, 4) is 5.75 Å². The summed E-state index contributed by atoms with van der Waals surface area (Å²) in [7, 11) is 4.27. The Kier molecular flexibility index (Phi) is 9.10. The van der Waals surface area contributed by atoms with E-state index in [1.54, 1.807) is 18.5 Å². The lowest BCUT2D eigenvalue weighted by Crippen LogP contribution is -2.16. The molecule has 2 aromatic heterocycles. The van der Waals surface area contributed by atoms with Crippen LogP contribution in [0.3, 0.4) is 0 Å². The van der Waals surface area contributed by atoms with Gasteiger partial charge in [-0.1, -0.05) is 37.7 Å². The molecule has 0 bridgehead atoms. The van der Waals surface area contributed by atoms with E-state index in [4.69, 9.17) is 14.2 Å². The SMILES string of the molecule is COC(=O)c1sc(NC(=O)CSc2nnc(COc3ccc(C(C)C)cc3)n2C)c(C(=O)OC)c1C. The first kappa shape index (κ1) is 27.2. The molecular formula is C24H28N4O6S2. The van der Waals surface area contributed by atoms with E-state index in [-0.39, 0.29) is 33.7 Å². The molecule has 1 N–H and O–H groups in total. The van der Waals surface area contributed by atoms with Gasteiger partial charge in [0.05, 0.1) is 25.5 Å². The predicted molar refractivity (Wildman–Crippen MR) is 137 cm³/mol. The van der Waals surface area contributed by atoms with Crippen molar-refractivity contribution in [1.82, 2.24) is 14.8 Å². The molecule has 1 amide bonds. The van der Waals surface area contributed by atoms with Crippen molar-refractivity contribution in [3.05, 3.63) is 51.7 Å². The normalized spacial score (nSPS) is 10.9. The number of benzene rings is 1. The Balaban J connectivity index is 1.62. The van der Waals surface area contributed by atoms with E-state index >= 15 is 0 Å². The zero-order valence-corrected chi connectivity index (χ0v) is 22.5. The molecule has 3 rings (SSSR count). The Bertz CT molecular complexity index is 1250. The van der Waals surface area contributed by atoms with Gasteiger partial charge in [-0.25, -0.2) is 9.59 Å². The quantitative estimate of drug-likeness (QED) is 0.302. The van der Waals surface area contributed by atoms with Gasteiger partial charge in [-0.15, -0.1) is 21.5 Å². The van der Waals surface area contributed by atoms with E-state index in [0.29, 0.717) is 22.5 Å². The molecule has 0 unspecified atom stereocenters. The zero-order valence-electron chi connectivity index (χ0n) is 20.9. The van der Waals surface area contributed by atoms with Crippen molar-refractivity contribution in [2.24, 2.45) is 7.05 Å². The largest absolute Gasteiger partial charge is 0.486 e. The van der Waals surface area contributed by atoms with E-state index in [0.717, 1.165) is 17.1 Å². The highest BCUT2D eigenvalue weighted by molar-refractivity contribution is 7.99. The fourth-order valence-corrected chi connectivity index (χ4v) is 5.08. The van der Waals surface area contributed by atoms with Crippen LogP contribution in [0.4, 0.5) is 5.00 Å². The summed E-state index contributed by atoms with van der Waals surface area (Å²) >= 11 is 2.14. The summed E-state index contributed by atoms with van der Waals surface area (Å²) in [5.41, 5.74) is 1.75. The number of methoxy groups -OCH3 is 2. The van der Waals surface area contributed by atoms with Crippen LogP contribution in [0.2, 0.25) is 0 Å². The Morgan fingerprint density at radius 3 is 2.36 bits per heavy atom. The monoisotopic (exact) mass is 532 g/mol. The first-order valence-corrected chi connectivity index (χ1v) is 12.8. The summed E-state index contributed by atoms with van der Waals surface area (Å²) in [6, 6.07) is 7.91. The number of carbonyl (C=O) groups is 3. The molecule has 0 fully saturated rings. The molecule has 12 heteroatoms. The highest BCUT2D eigenvalue weighted by Gasteiger charge is 2.27. The Labute approximate surface area is 217 Å². The molecule has 0 aliphatic heterocycles. The number of rotatable bonds is 10. The third kappa shape index (κ3) is 6.24. The molecule has 36 heavy (non-hydrogen) atoms. The van der Waals surface area contributed by atoms with Crippen LogP contribution in [0.5, 0.6) is 5.75 Å². The summed E-state index contributed by atoms with van der Waals surface area (Å²) in [4.78, 5) is 37.1. The molecule has 0 saturated heterocycles. The highest BCUT2D eigenvalue weighted by atomic mass is 32.2. The maximum Gasteiger partial charge on any atom is 0.348 e. The number of anilines is 1. The van der Waals surface area contributed by atoms with E-state index in [1.807, 2.05) is 24.3 Å². The molecule has 192 valence electrons. The van der Waals surface area contributed by atoms with Crippen molar-refractivity contribution >= 4 is 45.9 Å². The second-order valence-electron chi connectivity index (χ2n) is 8.05. The van der Waals surface area contributed by atoms with E-state index < -0.39 is 11.9 Å². The molecule has 1 aromatic carbocycles. The molecular weight excluding hydrogens is 504 g/mol. The number of nitrogens with one attached hydrogen (secondary N) is 1. The van der Waals surface area contributed by atoms with Gasteiger partial charge in [-0.2, -0.15) is 0 Å². The number of hydrogen-bond donors (Lipinski definition) is 1. The van der Waals surface area contributed by atoms with Crippen LogP contribution in [0, 0.1) is 6.92 Å². The van der Waals surface area contributed by atoms with Gasteiger partial charge in [0.15, 0.2) is 11.0 Å². The molecule has 0 aliphatic rings. The molecule has 0 saturated carbocycles. The summed E-state index contributed by atoms with van der Waals surface area (Å²) in [6.07, 6.45) is 0. The van der Waals surface area contributed by atoms with Crippen LogP contribution in [0.25, 0.3) is 0 Å². The molecule has 10 nitrogen and oxygen atoms in total. The number of ether oxygens (including phenoxy) is 3. The molecule has 0 atom stereocenters. The lowest BCUT2D eigenvalue weighted by molar-refractivity contribution is -0.113. The molecule has 2 heterocycles. The third-order valence-corrected chi connectivity index (χ3v) is 7.54. The van der Waals surface area contributed by atoms with Crippen LogP contribution in [-0.2, 0) is 27.9 Å². The second-order valence-corrected chi connectivity index (χ2v) is 10.0. The number of hydrogen-bond acceptors (Lipinski definition) is 10. The predicted octanol–water partition coefficient (Wildman–Crippen LogP) is 4.19. The molecule has 0 spiro atoms. The second kappa shape index (κ2) is 12.0. The standard InChI is InChI=1S/C24H28N4O6S2/c1-13(2)15-7-9-16(10-8-15)34-11-17-26-27-24(28(17)4)35-12-18(29)25-21-19(22(30)32-5)14(3)20(36-21)23(31)33-6/h7-10,13H,11-12H2,1-6H3,(H,25,29). The highest BCUT2D eigenvalue weighted by Crippen LogP contribution is 2.34. The fraction of sp³-hybridized carbons (Fsp3) is 0.375. The number of aromatic nitrogens is 3. The molecule has 3 aromatic rings. The molecule has 0 aliphatic carbocycles. The van der Waals surface area contributed by atoms with Gasteiger partial charge in [0.1, 0.15) is 22.2 Å². The zero-order chi connectivity index (χ0) is 26.4. The van der Waals surface area contributed by atoms with Gasteiger partial charge in [0.2, 0.25) is 5.91 Å². The minimum absolute atomic E-state index is 0.00854. The lowest BCUT2D eigenvalue weighted by atomic mass is 10.0. The van der Waals surface area contributed by atoms with Crippen molar-refractivity contribution in [3.63, 3.8) is 0 Å². The van der Waals surface area contributed by atoms with Gasteiger partial charge < -0.3 is 24.1 Å². The number of amides is 1. The Hall–Kier alpha value is -3.38. The van der Waals surface area contributed by atoms with E-state index in [2.05, 4.69) is 29.4 Å². The minimum Gasteiger partial charge on any atom is -0.486 e. The Morgan fingerprint density at radius 1 is 1.08 bits per heavy atom. The molecule has 0 radical (unpaired) electrons. The first-order chi connectivity index (χ1) is 17.2. The van der Waals surface area contributed by atoms with Gasteiger partial charge in [0.25, 0.3) is 0 Å². The van der Waals surface area contributed by atoms with E-state index in [9.17, 15) is 14.4 Å². The number of nitrogens with zero attached hydrogens (tertiary/aromatic N) is 3. The van der Waals surface area contributed by atoms with Gasteiger partial charge in [-0.3, -0.25) is 4.79 Å². The lowest BCUT2D eigenvalue weighted by Gasteiger charge is -2.09. The van der Waals surface area contributed by atoms with Crippen LogP contribution in [-0.4, -0.2) is 52.6 Å². The van der Waals surface area contributed by atoms with Gasteiger partial charge in [-0.05, 0) is 36.1 Å². The number of carbonyl (C=O) groups excluding carboxylic acids is 3. The summed E-state index contributed by atoms with van der Waals surface area (Å²) in [6.45, 7) is 6.09. The van der Waals surface area contributed by atoms with Crippen molar-refractivity contribution < 1.29 is 28.6 Å². The topological polar surface area (TPSA) is 122 Å². The summed E-state index contributed by atoms with van der Waals surface area (Å²) < 4.78 is 17.1. The van der Waals surface area contributed by atoms with E-state index in [1.165, 1.54) is 31.5 Å². The number of thioether (sulfide) groups is 1. The van der Waals surface area contributed by atoms with Gasteiger partial charge in [0, 0.05) is 7.05 Å². The summed E-state index contributed by atoms with van der Waals surface area (Å²) in [5, 5.41) is 11.7. The van der Waals surface area contributed by atoms with Crippen molar-refractivity contribution in [1.29, 1.82) is 0 Å². The van der Waals surface area contributed by atoms with Crippen molar-refractivity contribution in [2.75, 3.05) is 25.3 Å². The number of esters is 2. The van der Waals surface area contributed by atoms with Crippen LogP contribution in [0.1, 0.15) is 56.7 Å². The van der Waals surface area contributed by atoms with Crippen LogP contribution >= 0.6 is 23.1 Å². The maximum atomic E-state index is 12.6. The minimum atomic E-state index is -0.654. The smallest absolute Gasteiger partial charge is 0.348 e.